The van der Waals surface area contributed by atoms with Crippen molar-refractivity contribution >= 4 is 27.3 Å². The first-order chi connectivity index (χ1) is 12.5. The molecule has 0 aliphatic carbocycles. The molecule has 0 radical (unpaired) electrons. The van der Waals surface area contributed by atoms with Crippen LogP contribution in [0.2, 0.25) is 0 Å². The number of hydrogen-bond donors (Lipinski definition) is 0. The lowest BCUT2D eigenvalue weighted by Crippen LogP contribution is -1.99. The van der Waals surface area contributed by atoms with Crippen molar-refractivity contribution in [3.05, 3.63) is 33.6 Å². The number of benzene rings is 1. The average molecular weight is 439 g/mol. The summed E-state index contributed by atoms with van der Waals surface area (Å²) in [6, 6.07) is 6.32. The molecule has 2 nitrogen and oxygen atoms in total. The molecule has 0 amide bonds. The van der Waals surface area contributed by atoms with E-state index in [1.807, 2.05) is 6.07 Å². The normalized spacial score (nSPS) is 12.4. The van der Waals surface area contributed by atoms with Crippen LogP contribution in [0.5, 0.6) is 11.5 Å². The minimum atomic E-state index is 0.767. The maximum atomic E-state index is 5.63. The highest BCUT2D eigenvalue weighted by Gasteiger charge is 2.16. The van der Waals surface area contributed by atoms with Crippen LogP contribution in [-0.2, 0) is 6.42 Å². The van der Waals surface area contributed by atoms with Gasteiger partial charge in [0.2, 0.25) is 0 Å². The molecule has 0 spiro atoms. The van der Waals surface area contributed by atoms with Crippen LogP contribution >= 0.6 is 27.3 Å². The Morgan fingerprint density at radius 1 is 1.00 bits per heavy atom. The first-order valence-corrected chi connectivity index (χ1v) is 11.1. The lowest BCUT2D eigenvalue weighted by atomic mass is 9.94. The van der Waals surface area contributed by atoms with Crippen molar-refractivity contribution < 1.29 is 9.47 Å². The molecule has 0 bridgehead atoms. The number of methoxy groups -OCH3 is 2. The lowest BCUT2D eigenvalue weighted by Gasteiger charge is -2.15. The summed E-state index contributed by atoms with van der Waals surface area (Å²) in [6.07, 6.45) is 6.35. The number of ether oxygens (including phenoxy) is 2. The number of aryl methyl sites for hydroxylation is 1. The Hall–Kier alpha value is -1.00. The maximum Gasteiger partial charge on any atom is 0.133 e. The monoisotopic (exact) mass is 438 g/mol. The van der Waals surface area contributed by atoms with Crippen molar-refractivity contribution in [3.63, 3.8) is 0 Å². The van der Waals surface area contributed by atoms with Crippen LogP contribution in [-0.4, -0.2) is 14.2 Å². The van der Waals surface area contributed by atoms with Crippen LogP contribution in [0.3, 0.4) is 0 Å². The highest BCUT2D eigenvalue weighted by atomic mass is 79.9. The number of rotatable bonds is 10. The topological polar surface area (TPSA) is 18.5 Å². The molecule has 2 aromatic rings. The maximum absolute atomic E-state index is 5.63. The second kappa shape index (κ2) is 10.4. The van der Waals surface area contributed by atoms with Crippen LogP contribution in [0, 0.1) is 11.8 Å². The zero-order chi connectivity index (χ0) is 19.1. The molecule has 144 valence electrons. The zero-order valence-electron chi connectivity index (χ0n) is 16.6. The van der Waals surface area contributed by atoms with E-state index in [1.54, 1.807) is 25.6 Å². The molecule has 4 heteroatoms. The summed E-state index contributed by atoms with van der Waals surface area (Å²) >= 11 is 5.33. The molecule has 1 aromatic carbocycles. The van der Waals surface area contributed by atoms with Gasteiger partial charge in [0.25, 0.3) is 0 Å². The predicted octanol–water partition coefficient (Wildman–Crippen LogP) is 7.59. The molecule has 0 saturated heterocycles. The van der Waals surface area contributed by atoms with E-state index in [1.165, 1.54) is 36.1 Å². The zero-order valence-corrected chi connectivity index (χ0v) is 19.0. The number of thiophene rings is 1. The first kappa shape index (κ1) is 21.3. The van der Waals surface area contributed by atoms with Gasteiger partial charge in [0, 0.05) is 10.4 Å². The molecule has 0 N–H and O–H groups in total. The van der Waals surface area contributed by atoms with E-state index in [0.29, 0.717) is 0 Å². The van der Waals surface area contributed by atoms with Gasteiger partial charge in [-0.25, -0.2) is 0 Å². The van der Waals surface area contributed by atoms with Crippen molar-refractivity contribution in [2.75, 3.05) is 14.2 Å². The highest BCUT2D eigenvalue weighted by molar-refractivity contribution is 9.10. The number of hydrogen-bond acceptors (Lipinski definition) is 3. The summed E-state index contributed by atoms with van der Waals surface area (Å²) in [5.74, 6) is 3.29. The molecule has 0 unspecified atom stereocenters. The SMILES string of the molecule is COc1cc(-c2sccc2CC[C@@H](C)CCCC(C)C)c(OC)cc1Br. The summed E-state index contributed by atoms with van der Waals surface area (Å²) < 4.78 is 12.0. The van der Waals surface area contributed by atoms with Crippen LogP contribution < -0.4 is 9.47 Å². The second-order valence-corrected chi connectivity index (χ2v) is 9.20. The lowest BCUT2D eigenvalue weighted by molar-refractivity contribution is 0.402. The molecule has 26 heavy (non-hydrogen) atoms. The molecule has 0 aliphatic heterocycles. The molecular weight excluding hydrogens is 408 g/mol. The van der Waals surface area contributed by atoms with E-state index in [-0.39, 0.29) is 0 Å². The summed E-state index contributed by atoms with van der Waals surface area (Å²) in [6.45, 7) is 7.00. The van der Waals surface area contributed by atoms with Gasteiger partial charge in [-0.3, -0.25) is 0 Å². The molecule has 2 rings (SSSR count). The number of halogens is 1. The van der Waals surface area contributed by atoms with Crippen LogP contribution in [0.25, 0.3) is 10.4 Å². The van der Waals surface area contributed by atoms with Crippen molar-refractivity contribution in [2.45, 2.75) is 52.9 Å². The largest absolute Gasteiger partial charge is 0.496 e. The van der Waals surface area contributed by atoms with Gasteiger partial charge in [0.15, 0.2) is 0 Å². The van der Waals surface area contributed by atoms with Gasteiger partial charge in [0.05, 0.1) is 18.7 Å². The third-order valence-electron chi connectivity index (χ3n) is 4.85. The Labute approximate surface area is 171 Å². The van der Waals surface area contributed by atoms with E-state index in [0.717, 1.165) is 39.8 Å². The van der Waals surface area contributed by atoms with Crippen molar-refractivity contribution in [1.29, 1.82) is 0 Å². The van der Waals surface area contributed by atoms with Gasteiger partial charge in [-0.05, 0) is 69.8 Å². The van der Waals surface area contributed by atoms with Crippen LogP contribution in [0.15, 0.2) is 28.1 Å². The molecule has 1 atom stereocenters. The Bertz CT molecular complexity index is 693. The van der Waals surface area contributed by atoms with Gasteiger partial charge in [-0.15, -0.1) is 11.3 Å². The van der Waals surface area contributed by atoms with Crippen LogP contribution in [0.4, 0.5) is 0 Å². The molecule has 0 saturated carbocycles. The standard InChI is InChI=1S/C22H31BrO2S/c1-15(2)7-6-8-16(3)9-10-17-11-12-26-22(17)18-13-21(25-5)19(23)14-20(18)24-4/h11-16H,6-10H2,1-5H3/t16-/m0/s1. The van der Waals surface area contributed by atoms with Crippen LogP contribution in [0.1, 0.15) is 52.0 Å². The van der Waals surface area contributed by atoms with E-state index < -0.39 is 0 Å². The van der Waals surface area contributed by atoms with Gasteiger partial charge < -0.3 is 9.47 Å². The second-order valence-electron chi connectivity index (χ2n) is 7.43. The summed E-state index contributed by atoms with van der Waals surface area (Å²) in [4.78, 5) is 1.29. The first-order valence-electron chi connectivity index (χ1n) is 9.44. The average Bonchev–Trinajstić information content (AvgIpc) is 3.07. The fourth-order valence-electron chi connectivity index (χ4n) is 3.23. The molecule has 1 aromatic heterocycles. The van der Waals surface area contributed by atoms with Gasteiger partial charge in [-0.2, -0.15) is 0 Å². The Morgan fingerprint density at radius 2 is 1.73 bits per heavy atom. The smallest absolute Gasteiger partial charge is 0.133 e. The summed E-state index contributed by atoms with van der Waals surface area (Å²) in [5, 5.41) is 2.18. The third kappa shape index (κ3) is 5.75. The summed E-state index contributed by atoms with van der Waals surface area (Å²) in [5.41, 5.74) is 2.53. The Kier molecular flexibility index (Phi) is 8.49. The Morgan fingerprint density at radius 3 is 2.38 bits per heavy atom. The van der Waals surface area contributed by atoms with Crippen molar-refractivity contribution in [1.82, 2.24) is 0 Å². The fourth-order valence-corrected chi connectivity index (χ4v) is 4.69. The Balaban J connectivity index is 2.11. The van der Waals surface area contributed by atoms with E-state index in [9.17, 15) is 0 Å². The van der Waals surface area contributed by atoms with Crippen molar-refractivity contribution in [3.8, 4) is 21.9 Å². The predicted molar refractivity (Wildman–Crippen MR) is 117 cm³/mol. The van der Waals surface area contributed by atoms with Gasteiger partial charge in [0.1, 0.15) is 11.5 Å². The fraction of sp³-hybridized carbons (Fsp3) is 0.545. The van der Waals surface area contributed by atoms with E-state index >= 15 is 0 Å². The quantitative estimate of drug-likeness (QED) is 0.380. The highest BCUT2D eigenvalue weighted by Crippen LogP contribution is 2.42. The van der Waals surface area contributed by atoms with E-state index in [4.69, 9.17) is 9.47 Å². The minimum Gasteiger partial charge on any atom is -0.496 e. The van der Waals surface area contributed by atoms with Gasteiger partial charge in [-0.1, -0.05) is 40.0 Å². The van der Waals surface area contributed by atoms with Gasteiger partial charge >= 0.3 is 0 Å². The summed E-state index contributed by atoms with van der Waals surface area (Å²) in [7, 11) is 3.42. The molecular formula is C22H31BrO2S. The molecule has 0 aliphatic rings. The van der Waals surface area contributed by atoms with E-state index in [2.05, 4.69) is 54.2 Å². The third-order valence-corrected chi connectivity index (χ3v) is 6.46. The minimum absolute atomic E-state index is 0.767. The molecule has 0 fully saturated rings. The van der Waals surface area contributed by atoms with Crippen molar-refractivity contribution in [2.24, 2.45) is 11.8 Å². The molecule has 1 heterocycles.